The number of nitrogens with one attached hydrogen (secondary N) is 1. The van der Waals surface area contributed by atoms with Crippen LogP contribution >= 0.6 is 0 Å². The van der Waals surface area contributed by atoms with Gasteiger partial charge in [-0.25, -0.2) is 0 Å². The van der Waals surface area contributed by atoms with Gasteiger partial charge in [0.25, 0.3) is 0 Å². The number of aliphatic carboxylic acids is 1. The van der Waals surface area contributed by atoms with E-state index in [2.05, 4.69) is 11.2 Å². The standard InChI is InChI=1S/C10H15NO2/c1-2-7-11-9-5-3-8(4-6-9)10(12)13/h1,8-9,11H,3-7H2,(H,12,13). The average Bonchev–Trinajstić information content (AvgIpc) is 2.15. The summed E-state index contributed by atoms with van der Waals surface area (Å²) in [4.78, 5) is 10.6. The molecule has 0 aromatic carbocycles. The summed E-state index contributed by atoms with van der Waals surface area (Å²) in [7, 11) is 0. The minimum absolute atomic E-state index is 0.135. The summed E-state index contributed by atoms with van der Waals surface area (Å²) in [6.45, 7) is 0.586. The molecule has 0 atom stereocenters. The largest absolute Gasteiger partial charge is 0.481 e. The van der Waals surface area contributed by atoms with Crippen LogP contribution in [0.2, 0.25) is 0 Å². The van der Waals surface area contributed by atoms with Gasteiger partial charge in [0.05, 0.1) is 12.5 Å². The van der Waals surface area contributed by atoms with Gasteiger partial charge in [-0.2, -0.15) is 0 Å². The second kappa shape index (κ2) is 4.88. The van der Waals surface area contributed by atoms with Crippen molar-refractivity contribution in [2.45, 2.75) is 31.7 Å². The van der Waals surface area contributed by atoms with Crippen molar-refractivity contribution in [3.63, 3.8) is 0 Å². The SMILES string of the molecule is C#CCNC1CCC(C(=O)O)CC1. The van der Waals surface area contributed by atoms with Crippen LogP contribution in [0.15, 0.2) is 0 Å². The molecule has 0 unspecified atom stereocenters. The number of carboxylic acids is 1. The van der Waals surface area contributed by atoms with Gasteiger partial charge in [0.15, 0.2) is 0 Å². The van der Waals surface area contributed by atoms with E-state index in [1.165, 1.54) is 0 Å². The Hall–Kier alpha value is -1.01. The molecule has 0 aromatic rings. The van der Waals surface area contributed by atoms with E-state index in [9.17, 15) is 4.79 Å². The lowest BCUT2D eigenvalue weighted by Gasteiger charge is -2.26. The van der Waals surface area contributed by atoms with E-state index < -0.39 is 5.97 Å². The van der Waals surface area contributed by atoms with Gasteiger partial charge >= 0.3 is 5.97 Å². The maximum Gasteiger partial charge on any atom is 0.306 e. The van der Waals surface area contributed by atoms with Crippen molar-refractivity contribution >= 4 is 5.97 Å². The van der Waals surface area contributed by atoms with Crippen molar-refractivity contribution in [2.24, 2.45) is 5.92 Å². The van der Waals surface area contributed by atoms with E-state index in [1.54, 1.807) is 0 Å². The molecule has 3 heteroatoms. The lowest BCUT2D eigenvalue weighted by atomic mass is 9.86. The van der Waals surface area contributed by atoms with Crippen LogP contribution in [0.5, 0.6) is 0 Å². The molecule has 13 heavy (non-hydrogen) atoms. The summed E-state index contributed by atoms with van der Waals surface area (Å²) < 4.78 is 0. The smallest absolute Gasteiger partial charge is 0.306 e. The van der Waals surface area contributed by atoms with Gasteiger partial charge in [0.1, 0.15) is 0 Å². The molecule has 3 nitrogen and oxygen atoms in total. The zero-order chi connectivity index (χ0) is 9.68. The van der Waals surface area contributed by atoms with Gasteiger partial charge in [-0.1, -0.05) is 5.92 Å². The van der Waals surface area contributed by atoms with E-state index in [0.29, 0.717) is 12.6 Å². The zero-order valence-electron chi connectivity index (χ0n) is 7.62. The monoisotopic (exact) mass is 181 g/mol. The molecular formula is C10H15NO2. The van der Waals surface area contributed by atoms with Crippen LogP contribution < -0.4 is 5.32 Å². The Morgan fingerprint density at radius 1 is 1.46 bits per heavy atom. The molecule has 1 aliphatic carbocycles. The third-order valence-corrected chi connectivity index (χ3v) is 2.57. The highest BCUT2D eigenvalue weighted by Gasteiger charge is 2.25. The molecule has 1 fully saturated rings. The van der Waals surface area contributed by atoms with E-state index in [-0.39, 0.29) is 5.92 Å². The van der Waals surface area contributed by atoms with Crippen LogP contribution in [0.4, 0.5) is 0 Å². The Morgan fingerprint density at radius 2 is 2.08 bits per heavy atom. The maximum atomic E-state index is 10.6. The molecule has 0 bridgehead atoms. The molecule has 2 N–H and O–H groups in total. The Bertz CT molecular complexity index is 211. The number of hydrogen-bond acceptors (Lipinski definition) is 2. The third-order valence-electron chi connectivity index (χ3n) is 2.57. The molecule has 0 heterocycles. The predicted molar refractivity (Wildman–Crippen MR) is 50.2 cm³/mol. The van der Waals surface area contributed by atoms with E-state index >= 15 is 0 Å². The number of rotatable bonds is 3. The van der Waals surface area contributed by atoms with Crippen molar-refractivity contribution in [2.75, 3.05) is 6.54 Å². The molecular weight excluding hydrogens is 166 g/mol. The minimum atomic E-state index is -0.657. The highest BCUT2D eigenvalue weighted by atomic mass is 16.4. The summed E-state index contributed by atoms with van der Waals surface area (Å²) in [6.07, 6.45) is 8.52. The maximum absolute atomic E-state index is 10.6. The summed E-state index contributed by atoms with van der Waals surface area (Å²) in [5.41, 5.74) is 0. The van der Waals surface area contributed by atoms with Gasteiger partial charge in [0, 0.05) is 6.04 Å². The van der Waals surface area contributed by atoms with Crippen molar-refractivity contribution in [1.29, 1.82) is 0 Å². The first-order valence-electron chi connectivity index (χ1n) is 4.63. The Morgan fingerprint density at radius 3 is 2.54 bits per heavy atom. The summed E-state index contributed by atoms with van der Waals surface area (Å²) >= 11 is 0. The van der Waals surface area contributed by atoms with Crippen LogP contribution in [0.25, 0.3) is 0 Å². The normalized spacial score (nSPS) is 27.9. The fourth-order valence-corrected chi connectivity index (χ4v) is 1.75. The first-order chi connectivity index (χ1) is 6.24. The second-order valence-corrected chi connectivity index (χ2v) is 3.47. The fraction of sp³-hybridized carbons (Fsp3) is 0.700. The first kappa shape index (κ1) is 10.1. The van der Waals surface area contributed by atoms with Crippen molar-refractivity contribution in [3.8, 4) is 12.3 Å². The Kier molecular flexibility index (Phi) is 3.78. The summed E-state index contributed by atoms with van der Waals surface area (Å²) in [6, 6.07) is 0.423. The Balaban J connectivity index is 2.23. The minimum Gasteiger partial charge on any atom is -0.481 e. The number of carboxylic acid groups (broad SMARTS) is 1. The van der Waals surface area contributed by atoms with Gasteiger partial charge < -0.3 is 10.4 Å². The second-order valence-electron chi connectivity index (χ2n) is 3.47. The van der Waals surface area contributed by atoms with Gasteiger partial charge in [-0.15, -0.1) is 6.42 Å². The Labute approximate surface area is 78.5 Å². The molecule has 0 aliphatic heterocycles. The van der Waals surface area contributed by atoms with Crippen molar-refractivity contribution < 1.29 is 9.90 Å². The van der Waals surface area contributed by atoms with E-state index in [4.69, 9.17) is 11.5 Å². The van der Waals surface area contributed by atoms with Crippen molar-refractivity contribution in [1.82, 2.24) is 5.32 Å². The van der Waals surface area contributed by atoms with Crippen molar-refractivity contribution in [3.05, 3.63) is 0 Å². The van der Waals surface area contributed by atoms with E-state index in [1.807, 2.05) is 0 Å². The molecule has 1 saturated carbocycles. The highest BCUT2D eigenvalue weighted by molar-refractivity contribution is 5.70. The molecule has 0 aromatic heterocycles. The van der Waals surface area contributed by atoms with Crippen LogP contribution in [0.1, 0.15) is 25.7 Å². The summed E-state index contributed by atoms with van der Waals surface area (Å²) in [5.74, 6) is 1.73. The number of carbonyl (C=O) groups is 1. The molecule has 0 radical (unpaired) electrons. The zero-order valence-corrected chi connectivity index (χ0v) is 7.62. The van der Waals surface area contributed by atoms with Crippen LogP contribution in [0, 0.1) is 18.3 Å². The quantitative estimate of drug-likeness (QED) is 0.635. The van der Waals surface area contributed by atoms with Gasteiger partial charge in [-0.3, -0.25) is 4.79 Å². The van der Waals surface area contributed by atoms with Gasteiger partial charge in [-0.05, 0) is 25.7 Å². The van der Waals surface area contributed by atoms with Gasteiger partial charge in [0.2, 0.25) is 0 Å². The molecule has 0 amide bonds. The number of hydrogen-bond donors (Lipinski definition) is 2. The number of terminal acetylenes is 1. The lowest BCUT2D eigenvalue weighted by Crippen LogP contribution is -2.35. The fourth-order valence-electron chi connectivity index (χ4n) is 1.75. The van der Waals surface area contributed by atoms with Crippen LogP contribution in [0.3, 0.4) is 0 Å². The first-order valence-corrected chi connectivity index (χ1v) is 4.63. The molecule has 1 rings (SSSR count). The molecule has 72 valence electrons. The topological polar surface area (TPSA) is 49.3 Å². The summed E-state index contributed by atoms with van der Waals surface area (Å²) in [5, 5.41) is 11.9. The molecule has 1 aliphatic rings. The predicted octanol–water partition coefficient (Wildman–Crippen LogP) is 0.853. The molecule has 0 spiro atoms. The third kappa shape index (κ3) is 3.08. The highest BCUT2D eigenvalue weighted by Crippen LogP contribution is 2.24. The van der Waals surface area contributed by atoms with Crippen LogP contribution in [-0.2, 0) is 4.79 Å². The lowest BCUT2D eigenvalue weighted by molar-refractivity contribution is -0.142. The average molecular weight is 181 g/mol. The molecule has 0 saturated heterocycles. The van der Waals surface area contributed by atoms with Crippen LogP contribution in [-0.4, -0.2) is 23.7 Å². The van der Waals surface area contributed by atoms with E-state index in [0.717, 1.165) is 25.7 Å².